The van der Waals surface area contributed by atoms with Gasteiger partial charge in [-0.05, 0) is 6.92 Å². The smallest absolute Gasteiger partial charge is 0.131 e. The van der Waals surface area contributed by atoms with Gasteiger partial charge in [-0.2, -0.15) is 0 Å². The summed E-state index contributed by atoms with van der Waals surface area (Å²) in [7, 11) is 0.872. The highest BCUT2D eigenvalue weighted by Crippen LogP contribution is 2.19. The Morgan fingerprint density at radius 3 is 2.00 bits per heavy atom. The molecule has 0 saturated heterocycles. The predicted octanol–water partition coefficient (Wildman–Crippen LogP) is 2.44. The maximum Gasteiger partial charge on any atom is 0.131 e. The number of aryl methyl sites for hydroxylation is 2. The van der Waals surface area contributed by atoms with Crippen molar-refractivity contribution in [2.75, 3.05) is 0 Å². The highest BCUT2D eigenvalue weighted by atomic mass is 28.3. The lowest BCUT2D eigenvalue weighted by atomic mass is 10.6. The van der Waals surface area contributed by atoms with Gasteiger partial charge in [-0.1, -0.05) is 38.9 Å². The molecule has 0 atom stereocenters. The van der Waals surface area contributed by atoms with Crippen molar-refractivity contribution in [1.82, 2.24) is 9.55 Å². The first-order chi connectivity index (χ1) is 6.59. The van der Waals surface area contributed by atoms with Crippen molar-refractivity contribution in [3.63, 3.8) is 0 Å². The monoisotopic (exact) mass is 210 g/mol. The minimum absolute atomic E-state index is 1.16. The van der Waals surface area contributed by atoms with Gasteiger partial charge in [0.25, 0.3) is 0 Å². The minimum atomic E-state index is -1.27. The van der Waals surface area contributed by atoms with E-state index in [1.165, 1.54) is 23.6 Å². The van der Waals surface area contributed by atoms with Crippen LogP contribution in [0.25, 0.3) is 0 Å². The molecule has 1 aromatic heterocycles. The topological polar surface area (TPSA) is 17.8 Å². The molecule has 2 nitrogen and oxygen atoms in total. The predicted molar refractivity (Wildman–Crippen MR) is 64.8 cm³/mol. The lowest BCUT2D eigenvalue weighted by Crippen LogP contribution is -2.50. The van der Waals surface area contributed by atoms with Crippen molar-refractivity contribution in [3.8, 4) is 0 Å². The molecule has 0 aliphatic carbocycles. The van der Waals surface area contributed by atoms with E-state index < -0.39 is 8.07 Å². The maximum atomic E-state index is 4.72. The number of imidazole rings is 1. The normalized spacial score (nSPS) is 12.1. The maximum absolute atomic E-state index is 4.72. The lowest BCUT2D eigenvalue weighted by molar-refractivity contribution is 0.932. The van der Waals surface area contributed by atoms with Crippen molar-refractivity contribution >= 4 is 13.5 Å². The van der Waals surface area contributed by atoms with Gasteiger partial charge in [0.1, 0.15) is 8.07 Å². The van der Waals surface area contributed by atoms with Crippen LogP contribution in [0.2, 0.25) is 18.1 Å². The van der Waals surface area contributed by atoms with Crippen LogP contribution in [-0.4, -0.2) is 17.6 Å². The standard InChI is InChI=1S/C11H22N2Si/c1-6-14(7-2,8-3)11-12-10(4)9-13(11)5/h9H,6-8H2,1-5H3. The van der Waals surface area contributed by atoms with Gasteiger partial charge < -0.3 is 4.57 Å². The van der Waals surface area contributed by atoms with Gasteiger partial charge in [0.05, 0.1) is 11.1 Å². The van der Waals surface area contributed by atoms with Gasteiger partial charge in [0.2, 0.25) is 0 Å². The number of hydrogen-bond donors (Lipinski definition) is 0. The Morgan fingerprint density at radius 2 is 1.71 bits per heavy atom. The van der Waals surface area contributed by atoms with E-state index in [0.29, 0.717) is 0 Å². The zero-order valence-electron chi connectivity index (χ0n) is 10.1. The molecule has 0 spiro atoms. The summed E-state index contributed by atoms with van der Waals surface area (Å²) in [6.45, 7) is 9.05. The second kappa shape index (κ2) is 4.30. The summed E-state index contributed by atoms with van der Waals surface area (Å²) in [6.07, 6.45) is 2.15. The second-order valence-electron chi connectivity index (χ2n) is 4.16. The third kappa shape index (κ3) is 1.78. The highest BCUT2D eigenvalue weighted by molar-refractivity contribution is 6.90. The molecule has 14 heavy (non-hydrogen) atoms. The van der Waals surface area contributed by atoms with E-state index in [1.807, 2.05) is 0 Å². The summed E-state index contributed by atoms with van der Waals surface area (Å²) in [4.78, 5) is 4.72. The Hall–Kier alpha value is -0.573. The van der Waals surface area contributed by atoms with E-state index in [4.69, 9.17) is 4.98 Å². The van der Waals surface area contributed by atoms with Crippen LogP contribution in [-0.2, 0) is 7.05 Å². The Kier molecular flexibility index (Phi) is 3.53. The molecule has 0 amide bonds. The van der Waals surface area contributed by atoms with Crippen molar-refractivity contribution in [3.05, 3.63) is 11.9 Å². The van der Waals surface area contributed by atoms with Crippen molar-refractivity contribution in [2.24, 2.45) is 7.05 Å². The molecule has 0 aromatic carbocycles. The van der Waals surface area contributed by atoms with E-state index in [9.17, 15) is 0 Å². The van der Waals surface area contributed by atoms with Crippen LogP contribution in [0.3, 0.4) is 0 Å². The van der Waals surface area contributed by atoms with Gasteiger partial charge in [0, 0.05) is 13.2 Å². The highest BCUT2D eigenvalue weighted by Gasteiger charge is 2.33. The first kappa shape index (κ1) is 11.5. The van der Waals surface area contributed by atoms with Crippen LogP contribution in [0, 0.1) is 6.92 Å². The molecule has 0 bridgehead atoms. The van der Waals surface area contributed by atoms with Crippen LogP contribution in [0.15, 0.2) is 6.20 Å². The van der Waals surface area contributed by atoms with E-state index in [0.717, 1.165) is 5.69 Å². The van der Waals surface area contributed by atoms with Gasteiger partial charge in [0.15, 0.2) is 0 Å². The molecule has 1 aromatic rings. The van der Waals surface area contributed by atoms with Gasteiger partial charge >= 0.3 is 0 Å². The quantitative estimate of drug-likeness (QED) is 0.698. The molecule has 0 aliphatic heterocycles. The third-order valence-electron chi connectivity index (χ3n) is 3.50. The fraction of sp³-hybridized carbons (Fsp3) is 0.727. The molecule has 80 valence electrons. The largest absolute Gasteiger partial charge is 0.342 e. The Morgan fingerprint density at radius 1 is 1.21 bits per heavy atom. The molecular weight excluding hydrogens is 188 g/mol. The Labute approximate surface area is 88.4 Å². The van der Waals surface area contributed by atoms with E-state index in [-0.39, 0.29) is 0 Å². The van der Waals surface area contributed by atoms with Crippen LogP contribution in [0.5, 0.6) is 0 Å². The fourth-order valence-corrected chi connectivity index (χ4v) is 6.01. The van der Waals surface area contributed by atoms with Gasteiger partial charge in [-0.15, -0.1) is 0 Å². The van der Waals surface area contributed by atoms with Crippen molar-refractivity contribution in [1.29, 1.82) is 0 Å². The number of nitrogens with zero attached hydrogens (tertiary/aromatic N) is 2. The summed E-state index contributed by atoms with van der Waals surface area (Å²) in [5, 5.41) is 0. The molecule has 1 heterocycles. The second-order valence-corrected chi connectivity index (χ2v) is 9.29. The number of aromatic nitrogens is 2. The molecule has 0 radical (unpaired) electrons. The van der Waals surface area contributed by atoms with Crippen molar-refractivity contribution < 1.29 is 0 Å². The summed E-state index contributed by atoms with van der Waals surface area (Å²) in [5.41, 5.74) is 2.55. The summed E-state index contributed by atoms with van der Waals surface area (Å²) in [6, 6.07) is 3.93. The fourth-order valence-electron chi connectivity index (χ4n) is 2.33. The van der Waals surface area contributed by atoms with E-state index >= 15 is 0 Å². The van der Waals surface area contributed by atoms with E-state index in [1.54, 1.807) is 0 Å². The lowest BCUT2D eigenvalue weighted by Gasteiger charge is -2.26. The Balaban J connectivity index is 3.16. The van der Waals surface area contributed by atoms with Crippen LogP contribution >= 0.6 is 0 Å². The summed E-state index contributed by atoms with van der Waals surface area (Å²) in [5.74, 6) is 0. The average molecular weight is 210 g/mol. The molecular formula is C11H22N2Si. The molecule has 0 saturated carbocycles. The van der Waals surface area contributed by atoms with Crippen LogP contribution in [0.1, 0.15) is 26.5 Å². The molecule has 1 rings (SSSR count). The minimum Gasteiger partial charge on any atom is -0.342 e. The zero-order valence-corrected chi connectivity index (χ0v) is 11.1. The molecule has 0 unspecified atom stereocenters. The molecule has 0 aliphatic rings. The third-order valence-corrected chi connectivity index (χ3v) is 8.98. The average Bonchev–Trinajstić information content (AvgIpc) is 2.51. The number of rotatable bonds is 4. The van der Waals surface area contributed by atoms with Crippen molar-refractivity contribution in [2.45, 2.75) is 45.8 Å². The van der Waals surface area contributed by atoms with E-state index in [2.05, 4.69) is 45.5 Å². The van der Waals surface area contributed by atoms with Crippen LogP contribution < -0.4 is 5.45 Å². The molecule has 0 fully saturated rings. The van der Waals surface area contributed by atoms with Crippen LogP contribution in [0.4, 0.5) is 0 Å². The van der Waals surface area contributed by atoms with Gasteiger partial charge in [-0.25, -0.2) is 4.98 Å². The zero-order chi connectivity index (χ0) is 10.8. The molecule has 0 N–H and O–H groups in total. The first-order valence-corrected chi connectivity index (χ1v) is 8.22. The first-order valence-electron chi connectivity index (χ1n) is 5.60. The molecule has 3 heteroatoms. The summed E-state index contributed by atoms with van der Waals surface area (Å²) < 4.78 is 2.25. The number of hydrogen-bond acceptors (Lipinski definition) is 1. The summed E-state index contributed by atoms with van der Waals surface area (Å²) >= 11 is 0. The Bertz CT molecular complexity index is 292. The SMILES string of the molecule is CC[Si](CC)(CC)c1nc(C)cn1C. The van der Waals surface area contributed by atoms with Gasteiger partial charge in [-0.3, -0.25) is 0 Å².